The molecule has 0 amide bonds. The van der Waals surface area contributed by atoms with Gasteiger partial charge in [-0.1, -0.05) is 24.3 Å². The zero-order valence-corrected chi connectivity index (χ0v) is 39.3. The Morgan fingerprint density at radius 2 is 1.32 bits per heavy atom. The van der Waals surface area contributed by atoms with Crippen molar-refractivity contribution >= 4 is 34.6 Å². The highest BCUT2D eigenvalue weighted by atomic mass is 17.1. The molecule has 3 aliphatic rings. The van der Waals surface area contributed by atoms with Crippen molar-refractivity contribution in [2.24, 2.45) is 0 Å². The Morgan fingerprint density at radius 1 is 0.721 bits per heavy atom. The Bertz CT molecular complexity index is 2190. The Kier molecular flexibility index (Phi) is 20.3. The van der Waals surface area contributed by atoms with Gasteiger partial charge in [0.25, 0.3) is 0 Å². The van der Waals surface area contributed by atoms with Crippen LogP contribution in [-0.4, -0.2) is 163 Å². The van der Waals surface area contributed by atoms with Crippen LogP contribution in [0, 0.1) is 6.92 Å². The Morgan fingerprint density at radius 3 is 1.91 bits per heavy atom. The van der Waals surface area contributed by atoms with Crippen molar-refractivity contribution in [1.82, 2.24) is 4.90 Å². The highest BCUT2D eigenvalue weighted by molar-refractivity contribution is 5.92. The van der Waals surface area contributed by atoms with Crippen molar-refractivity contribution < 1.29 is 68.5 Å². The first-order chi connectivity index (χ1) is 33.1. The van der Waals surface area contributed by atoms with Crippen molar-refractivity contribution in [1.29, 1.82) is 0 Å². The van der Waals surface area contributed by atoms with Gasteiger partial charge in [0.1, 0.15) is 36.2 Å². The highest BCUT2D eigenvalue weighted by Crippen LogP contribution is 2.46. The lowest BCUT2D eigenvalue weighted by atomic mass is 9.86. The molecule has 0 saturated carbocycles. The summed E-state index contributed by atoms with van der Waals surface area (Å²) in [6.07, 6.45) is 6.86. The molecule has 68 heavy (non-hydrogen) atoms. The molecular weight excluding hydrogens is 881 g/mol. The molecule has 1 aliphatic carbocycles. The number of allylic oxidation sites excluding steroid dienone is 1. The van der Waals surface area contributed by atoms with Crippen molar-refractivity contribution in [2.75, 3.05) is 134 Å². The van der Waals surface area contributed by atoms with Crippen LogP contribution < -0.4 is 28.9 Å². The maximum absolute atomic E-state index is 11.7. The van der Waals surface area contributed by atoms with Gasteiger partial charge in [-0.2, -0.15) is 0 Å². The summed E-state index contributed by atoms with van der Waals surface area (Å²) in [6.45, 7) is 8.56. The summed E-state index contributed by atoms with van der Waals surface area (Å²) >= 11 is 0. The van der Waals surface area contributed by atoms with Gasteiger partial charge in [0.15, 0.2) is 0 Å². The number of carbonyl (C=O) groups is 2. The average Bonchev–Trinajstić information content (AvgIpc) is 3.33. The average molecular weight is 947 g/mol. The Hall–Kier alpha value is -5.70. The van der Waals surface area contributed by atoms with E-state index in [1.807, 2.05) is 55.5 Å². The number of anilines is 3. The number of rotatable bonds is 23. The van der Waals surface area contributed by atoms with Crippen LogP contribution in [-0.2, 0) is 33.6 Å². The van der Waals surface area contributed by atoms with E-state index in [1.54, 1.807) is 19.1 Å². The van der Waals surface area contributed by atoms with E-state index in [2.05, 4.69) is 48.7 Å². The molecule has 2 aliphatic heterocycles. The summed E-state index contributed by atoms with van der Waals surface area (Å²) in [5, 5.41) is 37.3. The minimum Gasteiger partial charge on any atom is -0.488 e. The fraction of sp³-hybridized carbons (Fsp3) is 0.480. The molecule has 3 aromatic carbocycles. The number of ether oxygens (including phenoxy) is 6. The molecule has 370 valence electrons. The van der Waals surface area contributed by atoms with E-state index in [1.165, 1.54) is 0 Å². The summed E-state index contributed by atoms with van der Waals surface area (Å²) in [7, 11) is 3.37. The van der Waals surface area contributed by atoms with Crippen LogP contribution in [0.15, 0.2) is 84.2 Å². The molecule has 0 bridgehead atoms. The van der Waals surface area contributed by atoms with Crippen molar-refractivity contribution in [2.45, 2.75) is 38.6 Å². The van der Waals surface area contributed by atoms with Gasteiger partial charge in [-0.25, -0.2) is 9.78 Å². The fourth-order valence-corrected chi connectivity index (χ4v) is 8.49. The minimum atomic E-state index is -0.996. The molecule has 3 aromatic rings. The zero-order chi connectivity index (χ0) is 48.3. The molecule has 18 nitrogen and oxygen atoms in total. The number of fused-ring (bicyclic) bond motifs is 4. The van der Waals surface area contributed by atoms with E-state index in [-0.39, 0.29) is 58.4 Å². The summed E-state index contributed by atoms with van der Waals surface area (Å²) in [4.78, 5) is 40.4. The largest absolute Gasteiger partial charge is 0.488 e. The zero-order valence-electron chi connectivity index (χ0n) is 39.3. The number of carboxylic acids is 2. The molecule has 0 spiro atoms. The molecular formula is C50H66N4O14. The molecule has 4 N–H and O–H groups in total. The van der Waals surface area contributed by atoms with Crippen LogP contribution in [0.2, 0.25) is 0 Å². The van der Waals surface area contributed by atoms with Crippen LogP contribution in [0.25, 0.3) is 5.57 Å². The van der Waals surface area contributed by atoms with Gasteiger partial charge < -0.3 is 53.3 Å². The molecule has 2 heterocycles. The first-order valence-electron chi connectivity index (χ1n) is 23.1. The lowest BCUT2D eigenvalue weighted by Crippen LogP contribution is -2.37. The predicted octanol–water partition coefficient (Wildman–Crippen LogP) is 6.22. The SMILES string of the molecule is COCCN1CCOCCN(CCOC)c2ccc(C3=C4C=CC(N(CCCOO)CCCOO)C=C4Oc4cc(N(CCC(=O)O)CCC(=O)O)ccc43)cc2OCCOc2cc(C)ccc21. The molecule has 0 saturated heterocycles. The first kappa shape index (κ1) is 51.7. The van der Waals surface area contributed by atoms with Gasteiger partial charge in [-0.05, 0) is 73.4 Å². The number of benzene rings is 3. The van der Waals surface area contributed by atoms with Crippen molar-refractivity contribution in [3.63, 3.8) is 0 Å². The van der Waals surface area contributed by atoms with Crippen LogP contribution in [0.1, 0.15) is 42.4 Å². The second-order valence-electron chi connectivity index (χ2n) is 16.6. The maximum Gasteiger partial charge on any atom is 0.305 e. The fourth-order valence-electron chi connectivity index (χ4n) is 8.49. The standard InChI is InChI=1S/C50H66N4O14/c1-36-6-12-42-46(32-36)64-30-31-65-47-33-37(7-13-43(47)54(21-27-62-3)23-29-63-28-22-53(42)20-26-61-2)50-40-10-8-38(51(16-4-24-66-59)17-5-25-67-60)34-44(40)68-45-35-39(9-11-41(45)50)52(18-14-48(55)56)19-15-49(57)58/h6-13,32-35,38,59-60H,4-5,14-31H2,1-3H3,(H,55,56)(H,57,58). The first-order valence-corrected chi connectivity index (χ1v) is 23.1. The molecule has 1 unspecified atom stereocenters. The number of aliphatic carboxylic acids is 2. The number of carboxylic acid groups (broad SMARTS) is 2. The summed E-state index contributed by atoms with van der Waals surface area (Å²) < 4.78 is 37.3. The van der Waals surface area contributed by atoms with E-state index >= 15 is 0 Å². The third-order valence-corrected chi connectivity index (χ3v) is 11.9. The molecule has 0 radical (unpaired) electrons. The number of nitrogens with zero attached hydrogens (tertiary/aromatic N) is 4. The van der Waals surface area contributed by atoms with E-state index in [0.29, 0.717) is 101 Å². The summed E-state index contributed by atoms with van der Waals surface area (Å²) in [5.41, 5.74) is 6.78. The van der Waals surface area contributed by atoms with E-state index in [4.69, 9.17) is 38.9 Å². The number of aryl methyl sites for hydroxylation is 1. The smallest absolute Gasteiger partial charge is 0.305 e. The van der Waals surface area contributed by atoms with Gasteiger partial charge in [0.2, 0.25) is 0 Å². The lowest BCUT2D eigenvalue weighted by Gasteiger charge is -2.34. The van der Waals surface area contributed by atoms with Gasteiger partial charge in [-0.3, -0.25) is 25.0 Å². The van der Waals surface area contributed by atoms with Gasteiger partial charge in [-0.15, -0.1) is 0 Å². The van der Waals surface area contributed by atoms with Gasteiger partial charge in [0.05, 0.1) is 69.9 Å². The number of methoxy groups -OCH3 is 2. The Balaban J connectivity index is 1.43. The van der Waals surface area contributed by atoms with Crippen LogP contribution in [0.4, 0.5) is 17.1 Å². The molecule has 0 fully saturated rings. The summed E-state index contributed by atoms with van der Waals surface area (Å²) in [5.74, 6) is 0.465. The molecule has 0 aromatic heterocycles. The second-order valence-corrected chi connectivity index (χ2v) is 16.6. The third-order valence-electron chi connectivity index (χ3n) is 11.9. The van der Waals surface area contributed by atoms with E-state index in [0.717, 1.165) is 45.0 Å². The predicted molar refractivity (Wildman–Crippen MR) is 256 cm³/mol. The van der Waals surface area contributed by atoms with Crippen molar-refractivity contribution in [3.8, 4) is 17.2 Å². The Labute approximate surface area is 397 Å². The second kappa shape index (κ2) is 26.7. The number of hydrogen-bond donors (Lipinski definition) is 4. The van der Waals surface area contributed by atoms with Crippen LogP contribution in [0.5, 0.6) is 17.2 Å². The molecule has 18 heteroatoms. The quantitative estimate of drug-likeness (QED) is 0.0474. The van der Waals surface area contributed by atoms with E-state index in [9.17, 15) is 19.8 Å². The molecule has 6 rings (SSSR count). The third kappa shape index (κ3) is 14.4. The monoisotopic (exact) mass is 946 g/mol. The minimum absolute atomic E-state index is 0.0979. The summed E-state index contributed by atoms with van der Waals surface area (Å²) in [6, 6.07) is 17.7. The number of hydrogen-bond acceptors (Lipinski definition) is 16. The van der Waals surface area contributed by atoms with E-state index < -0.39 is 11.9 Å². The van der Waals surface area contributed by atoms with Crippen LogP contribution in [0.3, 0.4) is 0 Å². The normalized spacial score (nSPS) is 16.3. The molecule has 1 atom stereocenters. The van der Waals surface area contributed by atoms with Crippen LogP contribution >= 0.6 is 0 Å². The lowest BCUT2D eigenvalue weighted by molar-refractivity contribution is -0.244. The maximum atomic E-state index is 11.7. The van der Waals surface area contributed by atoms with Gasteiger partial charge in [0, 0.05) is 95.0 Å². The van der Waals surface area contributed by atoms with Crippen molar-refractivity contribution in [3.05, 3.63) is 101 Å². The highest BCUT2D eigenvalue weighted by Gasteiger charge is 2.31. The van der Waals surface area contributed by atoms with Gasteiger partial charge >= 0.3 is 11.9 Å². The topological polar surface area (TPSA) is 202 Å².